The monoisotopic (exact) mass is 367 g/mol. The Hall–Kier alpha value is -2.89. The highest BCUT2D eigenvalue weighted by molar-refractivity contribution is 5.92. The van der Waals surface area contributed by atoms with Crippen LogP contribution >= 0.6 is 0 Å². The van der Waals surface area contributed by atoms with Crippen LogP contribution in [-0.2, 0) is 9.59 Å². The third kappa shape index (κ3) is 5.06. The molecule has 2 amide bonds. The van der Waals surface area contributed by atoms with Gasteiger partial charge in [-0.25, -0.2) is 4.98 Å². The van der Waals surface area contributed by atoms with E-state index in [4.69, 9.17) is 4.74 Å². The number of piperidine rings is 1. The van der Waals surface area contributed by atoms with Gasteiger partial charge in [0.25, 0.3) is 5.91 Å². The van der Waals surface area contributed by atoms with Gasteiger partial charge in [-0.2, -0.15) is 0 Å². The van der Waals surface area contributed by atoms with E-state index in [2.05, 4.69) is 10.3 Å². The molecular weight excluding hydrogens is 342 g/mol. The molecule has 3 rings (SSSR count). The summed E-state index contributed by atoms with van der Waals surface area (Å²) in [6.07, 6.45) is 2.97. The van der Waals surface area contributed by atoms with Crippen molar-refractivity contribution < 1.29 is 14.3 Å². The van der Waals surface area contributed by atoms with Crippen molar-refractivity contribution in [3.05, 3.63) is 53.7 Å². The molecule has 6 heteroatoms. The molecule has 0 saturated carbocycles. The minimum Gasteiger partial charge on any atom is -0.484 e. The fraction of sp³-hybridized carbons (Fsp3) is 0.381. The highest BCUT2D eigenvalue weighted by atomic mass is 16.5. The Kier molecular flexibility index (Phi) is 6.06. The van der Waals surface area contributed by atoms with Crippen molar-refractivity contribution in [1.29, 1.82) is 0 Å². The van der Waals surface area contributed by atoms with E-state index < -0.39 is 0 Å². The van der Waals surface area contributed by atoms with E-state index in [1.807, 2.05) is 50.2 Å². The second-order valence-corrected chi connectivity index (χ2v) is 6.92. The average Bonchev–Trinajstić information content (AvgIpc) is 2.67. The van der Waals surface area contributed by atoms with Crippen molar-refractivity contribution in [2.75, 3.05) is 25.0 Å². The van der Waals surface area contributed by atoms with Gasteiger partial charge in [-0.05, 0) is 56.0 Å². The largest absolute Gasteiger partial charge is 0.484 e. The molecule has 1 fully saturated rings. The fourth-order valence-corrected chi connectivity index (χ4v) is 3.17. The fourth-order valence-electron chi connectivity index (χ4n) is 3.17. The third-order valence-electron chi connectivity index (χ3n) is 4.83. The Balaban J connectivity index is 1.46. The molecular formula is C21H25N3O3. The molecule has 2 aromatic rings. The van der Waals surface area contributed by atoms with Crippen LogP contribution in [0.4, 0.5) is 5.82 Å². The van der Waals surface area contributed by atoms with Crippen LogP contribution in [-0.4, -0.2) is 41.4 Å². The highest BCUT2D eigenvalue weighted by Crippen LogP contribution is 2.20. The topological polar surface area (TPSA) is 71.5 Å². The van der Waals surface area contributed by atoms with E-state index in [0.717, 1.165) is 16.9 Å². The van der Waals surface area contributed by atoms with Crippen LogP contribution in [0.15, 0.2) is 42.6 Å². The second-order valence-electron chi connectivity index (χ2n) is 6.92. The zero-order valence-corrected chi connectivity index (χ0v) is 15.8. The predicted octanol–water partition coefficient (Wildman–Crippen LogP) is 2.95. The molecule has 142 valence electrons. The zero-order valence-electron chi connectivity index (χ0n) is 15.8. The minimum atomic E-state index is -0.103. The predicted molar refractivity (Wildman–Crippen MR) is 104 cm³/mol. The number of carbonyl (C=O) groups is 2. The Labute approximate surface area is 159 Å². The van der Waals surface area contributed by atoms with E-state index in [9.17, 15) is 9.59 Å². The number of nitrogens with zero attached hydrogens (tertiary/aromatic N) is 2. The summed E-state index contributed by atoms with van der Waals surface area (Å²) in [5, 5.41) is 2.87. The van der Waals surface area contributed by atoms with Crippen LogP contribution in [0.2, 0.25) is 0 Å². The van der Waals surface area contributed by atoms with Gasteiger partial charge >= 0.3 is 0 Å². The van der Waals surface area contributed by atoms with Gasteiger partial charge in [0, 0.05) is 25.2 Å². The number of pyridine rings is 1. The molecule has 27 heavy (non-hydrogen) atoms. The first-order chi connectivity index (χ1) is 13.0. The molecule has 0 radical (unpaired) electrons. The van der Waals surface area contributed by atoms with E-state index in [1.165, 1.54) is 0 Å². The summed E-state index contributed by atoms with van der Waals surface area (Å²) in [7, 11) is 0. The van der Waals surface area contributed by atoms with Crippen molar-refractivity contribution in [3.63, 3.8) is 0 Å². The number of nitrogens with one attached hydrogen (secondary N) is 1. The lowest BCUT2D eigenvalue weighted by Gasteiger charge is -2.31. The Morgan fingerprint density at radius 2 is 1.93 bits per heavy atom. The van der Waals surface area contributed by atoms with Crippen LogP contribution in [0.25, 0.3) is 0 Å². The molecule has 6 nitrogen and oxygen atoms in total. The van der Waals surface area contributed by atoms with Gasteiger partial charge < -0.3 is 15.0 Å². The molecule has 1 N–H and O–H groups in total. The number of amides is 2. The number of likely N-dealkylation sites (tertiary alicyclic amines) is 1. The number of benzene rings is 1. The summed E-state index contributed by atoms with van der Waals surface area (Å²) in [5.41, 5.74) is 2.06. The average molecular weight is 367 g/mol. The smallest absolute Gasteiger partial charge is 0.260 e. The Morgan fingerprint density at radius 1 is 1.19 bits per heavy atom. The quantitative estimate of drug-likeness (QED) is 0.882. The lowest BCUT2D eigenvalue weighted by Crippen LogP contribution is -2.43. The maximum Gasteiger partial charge on any atom is 0.260 e. The van der Waals surface area contributed by atoms with Gasteiger partial charge in [-0.1, -0.05) is 18.2 Å². The maximum absolute atomic E-state index is 12.4. The number of carbonyl (C=O) groups excluding carboxylic acids is 2. The normalized spacial score (nSPS) is 14.7. The van der Waals surface area contributed by atoms with Crippen LogP contribution in [0.1, 0.15) is 24.0 Å². The van der Waals surface area contributed by atoms with Gasteiger partial charge in [-0.3, -0.25) is 9.59 Å². The Bertz CT molecular complexity index is 814. The van der Waals surface area contributed by atoms with Crippen LogP contribution in [0, 0.1) is 19.8 Å². The SMILES string of the molecule is Cc1ccnc(NC(=O)C2CCN(C(=O)COc3ccccc3C)CC2)c1. The molecule has 0 spiro atoms. The first-order valence-electron chi connectivity index (χ1n) is 9.22. The first kappa shape index (κ1) is 18.9. The van der Waals surface area contributed by atoms with Gasteiger partial charge in [0.1, 0.15) is 11.6 Å². The zero-order chi connectivity index (χ0) is 19.2. The van der Waals surface area contributed by atoms with E-state index >= 15 is 0 Å². The first-order valence-corrected chi connectivity index (χ1v) is 9.22. The van der Waals surface area contributed by atoms with Gasteiger partial charge in [-0.15, -0.1) is 0 Å². The number of anilines is 1. The third-order valence-corrected chi connectivity index (χ3v) is 4.83. The van der Waals surface area contributed by atoms with Crippen molar-refractivity contribution in [1.82, 2.24) is 9.88 Å². The molecule has 1 aromatic heterocycles. The van der Waals surface area contributed by atoms with Gasteiger partial charge in [0.05, 0.1) is 0 Å². The summed E-state index contributed by atoms with van der Waals surface area (Å²) < 4.78 is 5.64. The molecule has 1 aliphatic rings. The number of hydrogen-bond acceptors (Lipinski definition) is 4. The van der Waals surface area contributed by atoms with Gasteiger partial charge in [0.15, 0.2) is 6.61 Å². The summed E-state index contributed by atoms with van der Waals surface area (Å²) >= 11 is 0. The molecule has 1 aromatic carbocycles. The standard InChI is InChI=1S/C21H25N3O3/c1-15-7-10-22-19(13-15)23-21(26)17-8-11-24(12-9-17)20(25)14-27-18-6-4-3-5-16(18)2/h3-7,10,13,17H,8-9,11-12,14H2,1-2H3,(H,22,23,26). The lowest BCUT2D eigenvalue weighted by atomic mass is 9.96. The van der Waals surface area contributed by atoms with Crippen molar-refractivity contribution in [2.24, 2.45) is 5.92 Å². The number of para-hydroxylation sites is 1. The molecule has 0 atom stereocenters. The van der Waals surface area contributed by atoms with Crippen molar-refractivity contribution >= 4 is 17.6 Å². The second kappa shape index (κ2) is 8.66. The number of aryl methyl sites for hydroxylation is 2. The summed E-state index contributed by atoms with van der Waals surface area (Å²) in [6, 6.07) is 11.4. The molecule has 1 saturated heterocycles. The summed E-state index contributed by atoms with van der Waals surface area (Å²) in [6.45, 7) is 5.06. The highest BCUT2D eigenvalue weighted by Gasteiger charge is 2.27. The number of hydrogen-bond donors (Lipinski definition) is 1. The van der Waals surface area contributed by atoms with Crippen LogP contribution in [0.5, 0.6) is 5.75 Å². The van der Waals surface area contributed by atoms with E-state index in [-0.39, 0.29) is 24.3 Å². The minimum absolute atomic E-state index is 0.0227. The number of ether oxygens (including phenoxy) is 1. The molecule has 1 aliphatic heterocycles. The molecule has 0 unspecified atom stereocenters. The van der Waals surface area contributed by atoms with Crippen LogP contribution in [0.3, 0.4) is 0 Å². The van der Waals surface area contributed by atoms with Crippen molar-refractivity contribution in [2.45, 2.75) is 26.7 Å². The van der Waals surface area contributed by atoms with Gasteiger partial charge in [0.2, 0.25) is 5.91 Å². The number of aromatic nitrogens is 1. The van der Waals surface area contributed by atoms with E-state index in [1.54, 1.807) is 11.1 Å². The van der Waals surface area contributed by atoms with Crippen molar-refractivity contribution in [3.8, 4) is 5.75 Å². The molecule has 0 aliphatic carbocycles. The summed E-state index contributed by atoms with van der Waals surface area (Å²) in [4.78, 5) is 30.7. The lowest BCUT2D eigenvalue weighted by molar-refractivity contribution is -0.136. The molecule has 0 bridgehead atoms. The Morgan fingerprint density at radius 3 is 2.63 bits per heavy atom. The summed E-state index contributed by atoms with van der Waals surface area (Å²) in [5.74, 6) is 1.12. The maximum atomic E-state index is 12.4. The van der Waals surface area contributed by atoms with Crippen LogP contribution < -0.4 is 10.1 Å². The number of rotatable bonds is 5. The molecule has 2 heterocycles. The van der Waals surface area contributed by atoms with E-state index in [0.29, 0.717) is 31.7 Å².